The molecule has 0 aliphatic rings. The molecule has 0 radical (unpaired) electrons. The number of aromatic nitrogens is 1. The van der Waals surface area contributed by atoms with Crippen molar-refractivity contribution in [1.82, 2.24) is 4.98 Å². The zero-order valence-electron chi connectivity index (χ0n) is 6.42. The van der Waals surface area contributed by atoms with E-state index in [0.717, 1.165) is 16.6 Å². The van der Waals surface area contributed by atoms with Crippen LogP contribution >= 0.6 is 15.9 Å². The summed E-state index contributed by atoms with van der Waals surface area (Å²) in [5, 5.41) is 0. The molecule has 2 nitrogen and oxygen atoms in total. The number of hydrogen-bond acceptors (Lipinski definition) is 2. The number of rotatable bonds is 2. The molecule has 1 heterocycles. The van der Waals surface area contributed by atoms with Gasteiger partial charge in [0.2, 0.25) is 0 Å². The van der Waals surface area contributed by atoms with Crippen LogP contribution in [0, 0.1) is 0 Å². The Hall–Kier alpha value is -0.410. The van der Waals surface area contributed by atoms with Crippen molar-refractivity contribution in [1.29, 1.82) is 0 Å². The monoisotopic (exact) mass is 214 g/mol. The molecular weight excluding hydrogens is 204 g/mol. The molecule has 0 aliphatic heterocycles. The maximum absolute atomic E-state index is 5.77. The normalized spacial score (nSPS) is 13.0. The average molecular weight is 215 g/mol. The first-order valence-electron chi connectivity index (χ1n) is 3.61. The molecule has 0 spiro atoms. The van der Waals surface area contributed by atoms with Gasteiger partial charge in [0, 0.05) is 16.7 Å². The molecule has 0 aromatic carbocycles. The number of pyridine rings is 1. The highest BCUT2D eigenvalue weighted by molar-refractivity contribution is 9.10. The van der Waals surface area contributed by atoms with Crippen LogP contribution in [0.3, 0.4) is 0 Å². The van der Waals surface area contributed by atoms with Gasteiger partial charge in [-0.1, -0.05) is 6.92 Å². The van der Waals surface area contributed by atoms with Gasteiger partial charge in [-0.2, -0.15) is 0 Å². The van der Waals surface area contributed by atoms with E-state index in [9.17, 15) is 0 Å². The quantitative estimate of drug-likeness (QED) is 0.821. The molecule has 0 fully saturated rings. The van der Waals surface area contributed by atoms with Gasteiger partial charge in [-0.25, -0.2) is 0 Å². The summed E-state index contributed by atoms with van der Waals surface area (Å²) in [5.41, 5.74) is 6.72. The SMILES string of the molecule is CC[C@@H](N)c1ccc(Br)cn1. The van der Waals surface area contributed by atoms with Crippen LogP contribution < -0.4 is 5.73 Å². The number of hydrogen-bond donors (Lipinski definition) is 1. The molecule has 1 atom stereocenters. The van der Waals surface area contributed by atoms with Gasteiger partial charge >= 0.3 is 0 Å². The van der Waals surface area contributed by atoms with E-state index in [-0.39, 0.29) is 6.04 Å². The third-order valence-corrected chi connectivity index (χ3v) is 2.04. The molecule has 3 heteroatoms. The van der Waals surface area contributed by atoms with Gasteiger partial charge in [0.15, 0.2) is 0 Å². The van der Waals surface area contributed by atoms with Gasteiger partial charge in [-0.05, 0) is 34.5 Å². The van der Waals surface area contributed by atoms with E-state index < -0.39 is 0 Å². The van der Waals surface area contributed by atoms with Crippen molar-refractivity contribution >= 4 is 15.9 Å². The van der Waals surface area contributed by atoms with Crippen LogP contribution in [0.15, 0.2) is 22.8 Å². The lowest BCUT2D eigenvalue weighted by molar-refractivity contribution is 0.675. The first-order chi connectivity index (χ1) is 5.24. The zero-order chi connectivity index (χ0) is 8.27. The topological polar surface area (TPSA) is 38.9 Å². The summed E-state index contributed by atoms with van der Waals surface area (Å²) in [7, 11) is 0. The van der Waals surface area contributed by atoms with E-state index in [2.05, 4.69) is 20.9 Å². The highest BCUT2D eigenvalue weighted by atomic mass is 79.9. The van der Waals surface area contributed by atoms with Gasteiger partial charge in [0.05, 0.1) is 5.69 Å². The molecule has 2 N–H and O–H groups in total. The Morgan fingerprint density at radius 2 is 2.36 bits per heavy atom. The van der Waals surface area contributed by atoms with E-state index in [1.54, 1.807) is 6.20 Å². The second kappa shape index (κ2) is 3.83. The smallest absolute Gasteiger partial charge is 0.0571 e. The maximum Gasteiger partial charge on any atom is 0.0571 e. The van der Waals surface area contributed by atoms with Gasteiger partial charge in [-0.15, -0.1) is 0 Å². The molecule has 11 heavy (non-hydrogen) atoms. The fourth-order valence-electron chi connectivity index (χ4n) is 0.816. The molecule has 0 saturated heterocycles. The van der Waals surface area contributed by atoms with Crippen LogP contribution in [-0.4, -0.2) is 4.98 Å². The highest BCUT2D eigenvalue weighted by Gasteiger charge is 2.02. The first-order valence-corrected chi connectivity index (χ1v) is 4.40. The van der Waals surface area contributed by atoms with E-state index in [0.29, 0.717) is 0 Å². The summed E-state index contributed by atoms with van der Waals surface area (Å²) in [5.74, 6) is 0. The minimum Gasteiger partial charge on any atom is -0.323 e. The van der Waals surface area contributed by atoms with Gasteiger partial charge in [0.1, 0.15) is 0 Å². The fraction of sp³-hybridized carbons (Fsp3) is 0.375. The Morgan fingerprint density at radius 3 is 2.82 bits per heavy atom. The van der Waals surface area contributed by atoms with Crippen molar-refractivity contribution in [3.63, 3.8) is 0 Å². The molecule has 0 bridgehead atoms. The second-order valence-corrected chi connectivity index (χ2v) is 3.33. The lowest BCUT2D eigenvalue weighted by atomic mass is 10.1. The van der Waals surface area contributed by atoms with Crippen LogP contribution in [0.2, 0.25) is 0 Å². The average Bonchev–Trinajstić information content (AvgIpc) is 2.05. The summed E-state index contributed by atoms with van der Waals surface area (Å²) >= 11 is 3.31. The van der Waals surface area contributed by atoms with E-state index in [1.165, 1.54) is 0 Å². The van der Waals surface area contributed by atoms with Crippen LogP contribution in [0.4, 0.5) is 0 Å². The third-order valence-electron chi connectivity index (χ3n) is 1.57. The molecule has 0 amide bonds. The maximum atomic E-state index is 5.77. The molecule has 1 aromatic heterocycles. The third kappa shape index (κ3) is 2.27. The molecule has 0 saturated carbocycles. The summed E-state index contributed by atoms with van der Waals surface area (Å²) in [4.78, 5) is 4.18. The van der Waals surface area contributed by atoms with Crippen molar-refractivity contribution in [3.8, 4) is 0 Å². The lowest BCUT2D eigenvalue weighted by Gasteiger charge is -2.06. The minimum atomic E-state index is 0.0723. The Labute approximate surface area is 75.0 Å². The van der Waals surface area contributed by atoms with Crippen molar-refractivity contribution in [2.24, 2.45) is 5.73 Å². The Bertz CT molecular complexity index is 220. The summed E-state index contributed by atoms with van der Waals surface area (Å²) < 4.78 is 0.990. The molecule has 0 aliphatic carbocycles. The Morgan fingerprint density at radius 1 is 1.64 bits per heavy atom. The van der Waals surface area contributed by atoms with E-state index in [1.807, 2.05) is 19.1 Å². The van der Waals surface area contributed by atoms with Crippen molar-refractivity contribution in [2.45, 2.75) is 19.4 Å². The molecule has 0 unspecified atom stereocenters. The predicted octanol–water partition coefficient (Wildman–Crippen LogP) is 2.25. The number of halogens is 1. The molecular formula is C8H11BrN2. The number of nitrogens with two attached hydrogens (primary N) is 1. The minimum absolute atomic E-state index is 0.0723. The largest absolute Gasteiger partial charge is 0.323 e. The predicted molar refractivity (Wildman–Crippen MR) is 49.2 cm³/mol. The van der Waals surface area contributed by atoms with Gasteiger partial charge in [0.25, 0.3) is 0 Å². The molecule has 60 valence electrons. The molecule has 1 rings (SSSR count). The Balaban J connectivity index is 2.81. The van der Waals surface area contributed by atoms with Crippen LogP contribution in [0.25, 0.3) is 0 Å². The van der Waals surface area contributed by atoms with Gasteiger partial charge < -0.3 is 5.73 Å². The summed E-state index contributed by atoms with van der Waals surface area (Å²) in [6.07, 6.45) is 2.69. The van der Waals surface area contributed by atoms with Crippen molar-refractivity contribution in [3.05, 3.63) is 28.5 Å². The fourth-order valence-corrected chi connectivity index (χ4v) is 1.05. The highest BCUT2D eigenvalue weighted by Crippen LogP contribution is 2.13. The van der Waals surface area contributed by atoms with Crippen LogP contribution in [0.1, 0.15) is 25.1 Å². The van der Waals surface area contributed by atoms with Crippen molar-refractivity contribution in [2.75, 3.05) is 0 Å². The first kappa shape index (κ1) is 8.68. The van der Waals surface area contributed by atoms with Crippen molar-refractivity contribution < 1.29 is 0 Å². The molecule has 1 aromatic rings. The second-order valence-electron chi connectivity index (χ2n) is 2.42. The van der Waals surface area contributed by atoms with Crippen LogP contribution in [-0.2, 0) is 0 Å². The van der Waals surface area contributed by atoms with E-state index in [4.69, 9.17) is 5.73 Å². The number of nitrogens with zero attached hydrogens (tertiary/aromatic N) is 1. The van der Waals surface area contributed by atoms with E-state index >= 15 is 0 Å². The summed E-state index contributed by atoms with van der Waals surface area (Å²) in [6.45, 7) is 2.05. The Kier molecular flexibility index (Phi) is 3.02. The lowest BCUT2D eigenvalue weighted by Crippen LogP contribution is -2.09. The standard InChI is InChI=1S/C8H11BrN2/c1-2-7(10)8-4-3-6(9)5-11-8/h3-5,7H,2,10H2,1H3/t7-/m1/s1. The summed E-state index contributed by atoms with van der Waals surface area (Å²) in [6, 6.07) is 3.97. The van der Waals surface area contributed by atoms with Crippen LogP contribution in [0.5, 0.6) is 0 Å². The van der Waals surface area contributed by atoms with Gasteiger partial charge in [-0.3, -0.25) is 4.98 Å². The zero-order valence-corrected chi connectivity index (χ0v) is 8.01.